The van der Waals surface area contributed by atoms with Crippen molar-refractivity contribution in [3.63, 3.8) is 0 Å². The Labute approximate surface area is 159 Å². The number of hydrogen-bond acceptors (Lipinski definition) is 6. The van der Waals surface area contributed by atoms with Crippen LogP contribution in [0.3, 0.4) is 0 Å². The van der Waals surface area contributed by atoms with Crippen LogP contribution in [-0.4, -0.2) is 63.3 Å². The number of hydrogen-bond donors (Lipinski definition) is 2. The second-order valence-corrected chi connectivity index (χ2v) is 8.12. The van der Waals surface area contributed by atoms with Gasteiger partial charge in [0.15, 0.2) is 5.82 Å². The molecule has 0 aromatic carbocycles. The van der Waals surface area contributed by atoms with E-state index < -0.39 is 0 Å². The Balaban J connectivity index is 1.37. The van der Waals surface area contributed by atoms with E-state index in [1.165, 1.54) is 12.8 Å². The number of nitrogens with zero attached hydrogens (tertiary/aromatic N) is 5. The number of likely N-dealkylation sites (tertiary alicyclic amines) is 1. The molecule has 2 N–H and O–H groups in total. The first-order valence-electron chi connectivity index (χ1n) is 9.94. The summed E-state index contributed by atoms with van der Waals surface area (Å²) in [6.07, 6.45) is 8.64. The number of carbonyl (C=O) groups is 1. The van der Waals surface area contributed by atoms with Crippen molar-refractivity contribution >= 4 is 22.8 Å². The fraction of sp³-hybridized carbons (Fsp3) is 0.684. The zero-order valence-corrected chi connectivity index (χ0v) is 16.2. The van der Waals surface area contributed by atoms with Gasteiger partial charge in [-0.1, -0.05) is 12.8 Å². The molecule has 0 bridgehead atoms. The number of nitrogens with one attached hydrogen (secondary N) is 2. The van der Waals surface area contributed by atoms with Crippen LogP contribution >= 0.6 is 0 Å². The zero-order valence-electron chi connectivity index (χ0n) is 16.2. The summed E-state index contributed by atoms with van der Waals surface area (Å²) in [5.74, 6) is 1.97. The standard InChI is InChI=1S/C19H29N7O/c1-25-10-13(11-25)7-17(27)20-8-14-5-3-4-6-15(14)24-19-18-16(21-12-22-19)9-23-26(18)2/h9,12-15H,3-8,10-11H2,1-2H3,(H,20,27)(H,21,22,24). The minimum absolute atomic E-state index is 0.188. The van der Waals surface area contributed by atoms with E-state index in [0.717, 1.165) is 49.3 Å². The lowest BCUT2D eigenvalue weighted by Gasteiger charge is -2.36. The van der Waals surface area contributed by atoms with Crippen molar-refractivity contribution in [2.24, 2.45) is 18.9 Å². The van der Waals surface area contributed by atoms with Gasteiger partial charge in [0, 0.05) is 39.1 Å². The fourth-order valence-corrected chi connectivity index (χ4v) is 4.46. The van der Waals surface area contributed by atoms with E-state index in [-0.39, 0.29) is 5.91 Å². The van der Waals surface area contributed by atoms with E-state index in [4.69, 9.17) is 0 Å². The van der Waals surface area contributed by atoms with Crippen LogP contribution in [0.15, 0.2) is 12.5 Å². The minimum Gasteiger partial charge on any atom is -0.365 e. The summed E-state index contributed by atoms with van der Waals surface area (Å²) < 4.78 is 1.81. The molecule has 146 valence electrons. The van der Waals surface area contributed by atoms with Crippen LogP contribution in [0.2, 0.25) is 0 Å². The lowest BCUT2D eigenvalue weighted by molar-refractivity contribution is -0.123. The number of fused-ring (bicyclic) bond motifs is 1. The van der Waals surface area contributed by atoms with Gasteiger partial charge in [-0.3, -0.25) is 9.48 Å². The second-order valence-electron chi connectivity index (χ2n) is 8.12. The number of aryl methyl sites for hydroxylation is 1. The Morgan fingerprint density at radius 1 is 1.22 bits per heavy atom. The van der Waals surface area contributed by atoms with Crippen molar-refractivity contribution < 1.29 is 4.79 Å². The van der Waals surface area contributed by atoms with Gasteiger partial charge in [-0.15, -0.1) is 0 Å². The first-order chi connectivity index (χ1) is 13.1. The van der Waals surface area contributed by atoms with Crippen LogP contribution in [0.5, 0.6) is 0 Å². The lowest BCUT2D eigenvalue weighted by Crippen LogP contribution is -2.47. The van der Waals surface area contributed by atoms with Crippen LogP contribution in [0, 0.1) is 11.8 Å². The number of rotatable bonds is 6. The van der Waals surface area contributed by atoms with Gasteiger partial charge in [0.05, 0.1) is 6.20 Å². The number of carbonyl (C=O) groups excluding carboxylic acids is 1. The molecule has 0 spiro atoms. The second kappa shape index (κ2) is 7.80. The monoisotopic (exact) mass is 371 g/mol. The van der Waals surface area contributed by atoms with Crippen molar-refractivity contribution in [1.29, 1.82) is 0 Å². The van der Waals surface area contributed by atoms with Gasteiger partial charge in [0.1, 0.15) is 17.4 Å². The zero-order chi connectivity index (χ0) is 18.8. The minimum atomic E-state index is 0.188. The first kappa shape index (κ1) is 18.2. The average molecular weight is 371 g/mol. The summed E-state index contributed by atoms with van der Waals surface area (Å²) in [6, 6.07) is 0.307. The highest BCUT2D eigenvalue weighted by molar-refractivity contribution is 5.85. The van der Waals surface area contributed by atoms with Crippen LogP contribution in [0.25, 0.3) is 11.0 Å². The van der Waals surface area contributed by atoms with E-state index in [1.807, 2.05) is 11.7 Å². The maximum absolute atomic E-state index is 12.3. The number of anilines is 1. The molecule has 8 nitrogen and oxygen atoms in total. The van der Waals surface area contributed by atoms with Crippen LogP contribution < -0.4 is 10.6 Å². The molecule has 1 saturated carbocycles. The average Bonchev–Trinajstić information content (AvgIpc) is 3.02. The summed E-state index contributed by atoms with van der Waals surface area (Å²) in [5, 5.41) is 11.1. The smallest absolute Gasteiger partial charge is 0.220 e. The third-order valence-electron chi connectivity index (χ3n) is 5.93. The Morgan fingerprint density at radius 3 is 2.85 bits per heavy atom. The van der Waals surface area contributed by atoms with Gasteiger partial charge in [-0.2, -0.15) is 5.10 Å². The molecule has 2 aliphatic rings. The van der Waals surface area contributed by atoms with Crippen molar-refractivity contribution in [3.05, 3.63) is 12.5 Å². The predicted octanol–water partition coefficient (Wildman–Crippen LogP) is 1.40. The Kier molecular flexibility index (Phi) is 5.24. The van der Waals surface area contributed by atoms with Gasteiger partial charge >= 0.3 is 0 Å². The highest BCUT2D eigenvalue weighted by atomic mass is 16.1. The van der Waals surface area contributed by atoms with E-state index in [1.54, 1.807) is 12.5 Å². The normalized spacial score (nSPS) is 23.9. The van der Waals surface area contributed by atoms with Gasteiger partial charge in [-0.05, 0) is 31.7 Å². The van der Waals surface area contributed by atoms with Crippen molar-refractivity contribution in [1.82, 2.24) is 30.0 Å². The van der Waals surface area contributed by atoms with Crippen molar-refractivity contribution in [3.8, 4) is 0 Å². The van der Waals surface area contributed by atoms with E-state index in [2.05, 4.69) is 37.6 Å². The molecule has 1 aliphatic carbocycles. The highest BCUT2D eigenvalue weighted by Gasteiger charge is 2.28. The van der Waals surface area contributed by atoms with E-state index >= 15 is 0 Å². The molecule has 4 rings (SSSR count). The molecule has 2 aromatic rings. The predicted molar refractivity (Wildman–Crippen MR) is 104 cm³/mol. The molecule has 8 heteroatoms. The summed E-state index contributed by atoms with van der Waals surface area (Å²) in [6.45, 7) is 2.81. The Hall–Kier alpha value is -2.22. The molecular formula is C19H29N7O. The topological polar surface area (TPSA) is 88.0 Å². The summed E-state index contributed by atoms with van der Waals surface area (Å²) in [5.41, 5.74) is 1.78. The SMILES string of the molecule is CN1CC(CC(=O)NCC2CCCCC2Nc2ncnc3cnn(C)c23)C1. The van der Waals surface area contributed by atoms with Gasteiger partial charge in [-0.25, -0.2) is 9.97 Å². The Morgan fingerprint density at radius 2 is 2.04 bits per heavy atom. The van der Waals surface area contributed by atoms with Crippen LogP contribution in [-0.2, 0) is 11.8 Å². The fourth-order valence-electron chi connectivity index (χ4n) is 4.46. The van der Waals surface area contributed by atoms with Crippen molar-refractivity contribution in [2.45, 2.75) is 38.1 Å². The number of aromatic nitrogens is 4. The molecule has 27 heavy (non-hydrogen) atoms. The first-order valence-corrected chi connectivity index (χ1v) is 9.94. The van der Waals surface area contributed by atoms with Crippen molar-refractivity contribution in [2.75, 3.05) is 32.0 Å². The van der Waals surface area contributed by atoms with Gasteiger partial charge in [0.2, 0.25) is 5.91 Å². The molecule has 1 saturated heterocycles. The summed E-state index contributed by atoms with van der Waals surface area (Å²) in [4.78, 5) is 23.3. The molecule has 2 aromatic heterocycles. The summed E-state index contributed by atoms with van der Waals surface area (Å²) >= 11 is 0. The molecule has 2 unspecified atom stereocenters. The maximum atomic E-state index is 12.3. The Bertz CT molecular complexity index is 798. The third-order valence-corrected chi connectivity index (χ3v) is 5.93. The highest BCUT2D eigenvalue weighted by Crippen LogP contribution is 2.28. The molecule has 2 atom stereocenters. The molecule has 1 amide bonds. The van der Waals surface area contributed by atoms with Gasteiger partial charge < -0.3 is 15.5 Å². The quantitative estimate of drug-likeness (QED) is 0.798. The molecule has 2 fully saturated rings. The largest absolute Gasteiger partial charge is 0.365 e. The van der Waals surface area contributed by atoms with E-state index in [0.29, 0.717) is 24.3 Å². The molecular weight excluding hydrogens is 342 g/mol. The van der Waals surface area contributed by atoms with E-state index in [9.17, 15) is 4.79 Å². The molecule has 3 heterocycles. The lowest BCUT2D eigenvalue weighted by atomic mass is 9.84. The molecule has 0 radical (unpaired) electrons. The van der Waals surface area contributed by atoms with Crippen LogP contribution in [0.4, 0.5) is 5.82 Å². The summed E-state index contributed by atoms with van der Waals surface area (Å²) in [7, 11) is 4.01. The van der Waals surface area contributed by atoms with Gasteiger partial charge in [0.25, 0.3) is 0 Å². The molecule has 1 aliphatic heterocycles. The third kappa shape index (κ3) is 4.05. The maximum Gasteiger partial charge on any atom is 0.220 e. The number of amides is 1. The van der Waals surface area contributed by atoms with Crippen LogP contribution in [0.1, 0.15) is 32.1 Å².